The topological polar surface area (TPSA) is 70.5 Å². The molecule has 4 aromatic rings. The van der Waals surface area contributed by atoms with E-state index in [1.165, 1.54) is 4.90 Å². The lowest BCUT2D eigenvalue weighted by Crippen LogP contribution is -2.30. The number of aromatic nitrogens is 1. The van der Waals surface area contributed by atoms with Gasteiger partial charge in [-0.2, -0.15) is 0 Å². The second kappa shape index (κ2) is 7.78. The molecule has 1 amide bonds. The number of ketones is 1. The van der Waals surface area contributed by atoms with Gasteiger partial charge in [0.2, 0.25) is 0 Å². The first kappa shape index (κ1) is 19.7. The van der Waals surface area contributed by atoms with Crippen LogP contribution in [-0.2, 0) is 9.59 Å². The summed E-state index contributed by atoms with van der Waals surface area (Å²) in [5, 5.41) is 13.2. The number of hydrogen-bond donors (Lipinski definition) is 1. The predicted molar refractivity (Wildman–Crippen MR) is 124 cm³/mol. The van der Waals surface area contributed by atoms with E-state index in [1.807, 2.05) is 67.6 Å². The maximum Gasteiger partial charge on any atom is 0.300 e. The first-order valence-corrected chi connectivity index (χ1v) is 10.3. The zero-order valence-electron chi connectivity index (χ0n) is 17.4. The van der Waals surface area contributed by atoms with Gasteiger partial charge in [0, 0.05) is 23.6 Å². The third-order valence-electron chi connectivity index (χ3n) is 5.84. The Morgan fingerprint density at radius 3 is 2.41 bits per heavy atom. The number of aliphatic hydroxyl groups excluding tert-OH is 1. The fourth-order valence-corrected chi connectivity index (χ4v) is 4.26. The number of aliphatic hydroxyl groups is 1. The van der Waals surface area contributed by atoms with Gasteiger partial charge < -0.3 is 5.11 Å². The van der Waals surface area contributed by atoms with Crippen LogP contribution in [0.3, 0.4) is 0 Å². The van der Waals surface area contributed by atoms with E-state index in [-0.39, 0.29) is 11.3 Å². The molecule has 3 aromatic carbocycles. The molecule has 0 radical (unpaired) electrons. The van der Waals surface area contributed by atoms with Gasteiger partial charge in [-0.3, -0.25) is 19.5 Å². The second-order valence-corrected chi connectivity index (χ2v) is 7.80. The van der Waals surface area contributed by atoms with Crippen LogP contribution in [0.5, 0.6) is 0 Å². The summed E-state index contributed by atoms with van der Waals surface area (Å²) in [4.78, 5) is 32.1. The Morgan fingerprint density at radius 1 is 0.906 bits per heavy atom. The van der Waals surface area contributed by atoms with E-state index in [0.717, 1.165) is 16.3 Å². The number of rotatable bonds is 3. The van der Waals surface area contributed by atoms with E-state index in [1.54, 1.807) is 30.6 Å². The van der Waals surface area contributed by atoms with E-state index < -0.39 is 17.7 Å². The summed E-state index contributed by atoms with van der Waals surface area (Å²) in [7, 11) is 0. The molecule has 5 rings (SSSR count). The number of aryl methyl sites for hydroxylation is 1. The fraction of sp³-hybridized carbons (Fsp3) is 0.0741. The lowest BCUT2D eigenvalue weighted by Gasteiger charge is -2.26. The first-order chi connectivity index (χ1) is 15.6. The van der Waals surface area contributed by atoms with Crippen molar-refractivity contribution in [3.8, 4) is 0 Å². The quantitative estimate of drug-likeness (QED) is 0.282. The maximum absolute atomic E-state index is 13.2. The molecular weight excluding hydrogens is 400 g/mol. The van der Waals surface area contributed by atoms with Crippen LogP contribution in [0.2, 0.25) is 0 Å². The molecule has 1 aliphatic rings. The van der Waals surface area contributed by atoms with Crippen molar-refractivity contribution < 1.29 is 14.7 Å². The average Bonchev–Trinajstić information content (AvgIpc) is 3.09. The molecule has 2 heterocycles. The van der Waals surface area contributed by atoms with Crippen molar-refractivity contribution in [2.24, 2.45) is 0 Å². The molecule has 1 aliphatic heterocycles. The number of carbonyl (C=O) groups excluding carboxylic acids is 2. The summed E-state index contributed by atoms with van der Waals surface area (Å²) in [5.74, 6) is -1.58. The molecule has 0 bridgehead atoms. The number of hydrogen-bond acceptors (Lipinski definition) is 4. The first-order valence-electron chi connectivity index (χ1n) is 10.3. The summed E-state index contributed by atoms with van der Waals surface area (Å²) in [5.41, 5.74) is 2.68. The molecule has 156 valence electrons. The highest BCUT2D eigenvalue weighted by Crippen LogP contribution is 2.42. The smallest absolute Gasteiger partial charge is 0.300 e. The van der Waals surface area contributed by atoms with Crippen LogP contribution in [0.1, 0.15) is 22.7 Å². The van der Waals surface area contributed by atoms with Crippen molar-refractivity contribution in [2.45, 2.75) is 13.0 Å². The Balaban J connectivity index is 1.74. The molecule has 1 aromatic heterocycles. The summed E-state index contributed by atoms with van der Waals surface area (Å²) >= 11 is 0. The average molecular weight is 420 g/mol. The number of para-hydroxylation sites is 1. The molecule has 1 saturated heterocycles. The van der Waals surface area contributed by atoms with Crippen molar-refractivity contribution in [1.29, 1.82) is 0 Å². The molecule has 5 nitrogen and oxygen atoms in total. The highest BCUT2D eigenvalue weighted by atomic mass is 16.3. The number of fused-ring (bicyclic) bond motifs is 1. The summed E-state index contributed by atoms with van der Waals surface area (Å²) in [6.45, 7) is 1.89. The number of nitrogens with zero attached hydrogens (tertiary/aromatic N) is 2. The van der Waals surface area contributed by atoms with Crippen LogP contribution in [0.4, 0.5) is 5.69 Å². The van der Waals surface area contributed by atoms with Crippen molar-refractivity contribution >= 4 is 33.9 Å². The zero-order chi connectivity index (χ0) is 22.2. The summed E-state index contributed by atoms with van der Waals surface area (Å²) in [6.07, 6.45) is 3.25. The van der Waals surface area contributed by atoms with E-state index in [4.69, 9.17) is 0 Å². The highest BCUT2D eigenvalue weighted by Gasteiger charge is 2.47. The van der Waals surface area contributed by atoms with Crippen LogP contribution in [-0.4, -0.2) is 21.8 Å². The number of amides is 1. The minimum absolute atomic E-state index is 0.0570. The number of anilines is 1. The molecule has 0 spiro atoms. The van der Waals surface area contributed by atoms with Gasteiger partial charge in [0.1, 0.15) is 5.76 Å². The lowest BCUT2D eigenvalue weighted by molar-refractivity contribution is -0.132. The molecule has 1 N–H and O–H groups in total. The molecule has 5 heteroatoms. The Kier molecular flexibility index (Phi) is 4.79. The van der Waals surface area contributed by atoms with Gasteiger partial charge in [0.05, 0.1) is 11.6 Å². The Morgan fingerprint density at radius 2 is 1.66 bits per heavy atom. The molecule has 1 unspecified atom stereocenters. The van der Waals surface area contributed by atoms with Crippen molar-refractivity contribution in [3.63, 3.8) is 0 Å². The van der Waals surface area contributed by atoms with E-state index in [0.29, 0.717) is 16.8 Å². The summed E-state index contributed by atoms with van der Waals surface area (Å²) in [6, 6.07) is 23.4. The third kappa shape index (κ3) is 3.15. The van der Waals surface area contributed by atoms with Gasteiger partial charge in [-0.25, -0.2) is 0 Å². The predicted octanol–water partition coefficient (Wildman–Crippen LogP) is 5.17. The molecule has 0 aliphatic carbocycles. The van der Waals surface area contributed by atoms with Crippen LogP contribution in [0.15, 0.2) is 96.8 Å². The SMILES string of the molecule is Cc1ccccc1N1C(=O)C(=O)/C(=C(\O)c2ccc3ccccc3c2)C1c1cccnc1. The number of pyridine rings is 1. The standard InChI is InChI=1S/C27H20N2O3/c1-17-7-2-5-11-22(17)29-24(21-10-6-14-28-16-21)23(26(31)27(29)32)25(30)20-13-12-18-8-3-4-9-19(18)15-20/h2-16,24,30H,1H3/b25-23-. The van der Waals surface area contributed by atoms with Crippen molar-refractivity contribution in [1.82, 2.24) is 4.98 Å². The fourth-order valence-electron chi connectivity index (χ4n) is 4.26. The van der Waals surface area contributed by atoms with Gasteiger partial charge >= 0.3 is 0 Å². The van der Waals surface area contributed by atoms with Crippen LogP contribution in [0, 0.1) is 6.92 Å². The third-order valence-corrected chi connectivity index (χ3v) is 5.84. The number of Topliss-reactive ketones (excluding diaryl/α,β-unsaturated/α-hetero) is 1. The van der Waals surface area contributed by atoms with E-state index >= 15 is 0 Å². The molecule has 1 atom stereocenters. The van der Waals surface area contributed by atoms with Crippen LogP contribution in [0.25, 0.3) is 16.5 Å². The van der Waals surface area contributed by atoms with E-state index in [9.17, 15) is 14.7 Å². The summed E-state index contributed by atoms with van der Waals surface area (Å²) < 4.78 is 0. The number of benzene rings is 3. The Hall–Kier alpha value is -4.25. The van der Waals surface area contributed by atoms with Gasteiger partial charge in [-0.05, 0) is 47.0 Å². The Bertz CT molecular complexity index is 1390. The molecule has 1 fully saturated rings. The number of carbonyl (C=O) groups is 2. The minimum Gasteiger partial charge on any atom is -0.507 e. The second-order valence-electron chi connectivity index (χ2n) is 7.80. The minimum atomic E-state index is -0.781. The van der Waals surface area contributed by atoms with E-state index in [2.05, 4.69) is 4.98 Å². The van der Waals surface area contributed by atoms with Gasteiger partial charge in [0.15, 0.2) is 0 Å². The van der Waals surface area contributed by atoms with Gasteiger partial charge in [-0.1, -0.05) is 60.7 Å². The van der Waals surface area contributed by atoms with Gasteiger partial charge in [-0.15, -0.1) is 0 Å². The normalized spacial score (nSPS) is 17.8. The lowest BCUT2D eigenvalue weighted by atomic mass is 9.95. The van der Waals surface area contributed by atoms with Crippen LogP contribution >= 0.6 is 0 Å². The van der Waals surface area contributed by atoms with Crippen LogP contribution < -0.4 is 4.90 Å². The molecular formula is C27H20N2O3. The Labute approximate surface area is 185 Å². The van der Waals surface area contributed by atoms with Crippen molar-refractivity contribution in [3.05, 3.63) is 114 Å². The maximum atomic E-state index is 13.2. The monoisotopic (exact) mass is 420 g/mol. The largest absolute Gasteiger partial charge is 0.507 e. The molecule has 0 saturated carbocycles. The van der Waals surface area contributed by atoms with Crippen molar-refractivity contribution in [2.75, 3.05) is 4.90 Å². The highest BCUT2D eigenvalue weighted by molar-refractivity contribution is 6.51. The molecule has 32 heavy (non-hydrogen) atoms. The zero-order valence-corrected chi connectivity index (χ0v) is 17.4. The van der Waals surface area contributed by atoms with Gasteiger partial charge in [0.25, 0.3) is 11.7 Å².